The highest BCUT2D eigenvalue weighted by atomic mass is 32.1. The Labute approximate surface area is 141 Å². The number of nitrogens with one attached hydrogen (secondary N) is 1. The van der Waals surface area contributed by atoms with E-state index < -0.39 is 0 Å². The molecule has 1 fully saturated rings. The fourth-order valence-corrected chi connectivity index (χ4v) is 4.81. The molecule has 6 heteroatoms. The van der Waals surface area contributed by atoms with Crippen molar-refractivity contribution in [2.45, 2.75) is 51.7 Å². The van der Waals surface area contributed by atoms with E-state index in [-0.39, 0.29) is 18.1 Å². The second-order valence-electron chi connectivity index (χ2n) is 6.53. The number of fused-ring (bicyclic) bond motifs is 1. The highest BCUT2D eigenvalue weighted by molar-refractivity contribution is 7.16. The lowest BCUT2D eigenvalue weighted by Gasteiger charge is -2.34. The van der Waals surface area contributed by atoms with E-state index in [1.54, 1.807) is 11.3 Å². The fraction of sp³-hybridized carbons (Fsp3) is 0.647. The number of rotatable bonds is 3. The highest BCUT2D eigenvalue weighted by Crippen LogP contribution is 2.37. The van der Waals surface area contributed by atoms with Gasteiger partial charge in [-0.15, -0.1) is 11.3 Å². The highest BCUT2D eigenvalue weighted by Gasteiger charge is 2.25. The Morgan fingerprint density at radius 1 is 1.35 bits per heavy atom. The van der Waals surface area contributed by atoms with Gasteiger partial charge in [0.1, 0.15) is 11.1 Å². The van der Waals surface area contributed by atoms with Crippen LogP contribution in [0.2, 0.25) is 0 Å². The van der Waals surface area contributed by atoms with Crippen molar-refractivity contribution in [3.05, 3.63) is 16.0 Å². The van der Waals surface area contributed by atoms with E-state index in [9.17, 15) is 10.1 Å². The van der Waals surface area contributed by atoms with Crippen LogP contribution in [-0.2, 0) is 22.4 Å². The summed E-state index contributed by atoms with van der Waals surface area (Å²) in [5.74, 6) is -0.0404. The first-order chi connectivity index (χ1) is 11.1. The number of amides is 1. The van der Waals surface area contributed by atoms with E-state index in [2.05, 4.69) is 16.3 Å². The molecule has 2 atom stereocenters. The maximum atomic E-state index is 12.4. The minimum absolute atomic E-state index is 0.0404. The van der Waals surface area contributed by atoms with Crippen LogP contribution in [0.3, 0.4) is 0 Å². The molecule has 2 heterocycles. The first-order valence-electron chi connectivity index (χ1n) is 8.29. The number of anilines is 1. The number of morpholine rings is 1. The van der Waals surface area contributed by atoms with Crippen molar-refractivity contribution >= 4 is 22.2 Å². The molecule has 2 aliphatic rings. The number of hydrogen-bond donors (Lipinski definition) is 1. The van der Waals surface area contributed by atoms with Crippen LogP contribution in [0.5, 0.6) is 0 Å². The molecule has 1 aliphatic carbocycles. The van der Waals surface area contributed by atoms with Crippen LogP contribution in [0.4, 0.5) is 5.00 Å². The summed E-state index contributed by atoms with van der Waals surface area (Å²) in [4.78, 5) is 15.8. The maximum absolute atomic E-state index is 12.4. The van der Waals surface area contributed by atoms with Gasteiger partial charge in [0.2, 0.25) is 5.91 Å². The first kappa shape index (κ1) is 16.4. The van der Waals surface area contributed by atoms with Crippen LogP contribution in [-0.4, -0.2) is 42.6 Å². The van der Waals surface area contributed by atoms with Crippen molar-refractivity contribution < 1.29 is 9.53 Å². The average molecular weight is 333 g/mol. The van der Waals surface area contributed by atoms with E-state index in [0.29, 0.717) is 12.1 Å². The smallest absolute Gasteiger partial charge is 0.239 e. The first-order valence-corrected chi connectivity index (χ1v) is 9.10. The summed E-state index contributed by atoms with van der Waals surface area (Å²) >= 11 is 1.58. The molecule has 1 aromatic rings. The Morgan fingerprint density at radius 2 is 2.04 bits per heavy atom. The zero-order valence-corrected chi connectivity index (χ0v) is 14.5. The van der Waals surface area contributed by atoms with Gasteiger partial charge >= 0.3 is 0 Å². The summed E-state index contributed by atoms with van der Waals surface area (Å²) in [7, 11) is 0. The quantitative estimate of drug-likeness (QED) is 0.923. The van der Waals surface area contributed by atoms with Gasteiger partial charge in [-0.2, -0.15) is 5.26 Å². The van der Waals surface area contributed by atoms with E-state index in [1.165, 1.54) is 11.3 Å². The molecule has 1 aliphatic heterocycles. The van der Waals surface area contributed by atoms with Gasteiger partial charge in [-0.3, -0.25) is 9.69 Å². The average Bonchev–Trinajstić information content (AvgIpc) is 2.82. The number of carbonyl (C=O) groups is 1. The molecule has 0 aromatic carbocycles. The Balaban J connectivity index is 1.66. The Morgan fingerprint density at radius 3 is 2.74 bits per heavy atom. The molecule has 23 heavy (non-hydrogen) atoms. The Bertz CT molecular complexity index is 625. The van der Waals surface area contributed by atoms with E-state index in [4.69, 9.17) is 4.74 Å². The van der Waals surface area contributed by atoms with Crippen LogP contribution in [0.15, 0.2) is 0 Å². The molecule has 0 radical (unpaired) electrons. The zero-order chi connectivity index (χ0) is 16.4. The summed E-state index contributed by atoms with van der Waals surface area (Å²) in [6, 6.07) is 2.29. The summed E-state index contributed by atoms with van der Waals surface area (Å²) < 4.78 is 5.69. The van der Waals surface area contributed by atoms with Gasteiger partial charge < -0.3 is 10.1 Å². The van der Waals surface area contributed by atoms with E-state index >= 15 is 0 Å². The van der Waals surface area contributed by atoms with Gasteiger partial charge in [0.05, 0.1) is 24.3 Å². The minimum atomic E-state index is -0.0404. The molecule has 3 rings (SSSR count). The van der Waals surface area contributed by atoms with E-state index in [1.807, 2.05) is 13.8 Å². The number of carbonyl (C=O) groups excluding carboxylic acids is 1. The molecule has 1 aromatic heterocycles. The standard InChI is InChI=1S/C17H23N3O2S/c1-11-8-20(9-12(2)22-11)10-16(21)19-17-14(7-18)13-5-3-4-6-15(13)23-17/h11-12H,3-6,8-10H2,1-2H3,(H,19,21)/t11-,12-/m1/s1. The minimum Gasteiger partial charge on any atom is -0.373 e. The summed E-state index contributed by atoms with van der Waals surface area (Å²) in [6.07, 6.45) is 4.60. The Hall–Kier alpha value is -1.42. The van der Waals surface area contributed by atoms with Crippen molar-refractivity contribution in [2.75, 3.05) is 25.0 Å². The SMILES string of the molecule is C[C@@H]1CN(CC(=O)Nc2sc3c(c2C#N)CCCC3)C[C@@H](C)O1. The molecule has 5 nitrogen and oxygen atoms in total. The number of ether oxygens (including phenoxy) is 1. The van der Waals surface area contributed by atoms with Gasteiger partial charge in [-0.05, 0) is 45.1 Å². The second kappa shape index (κ2) is 7.00. The third-order valence-corrected chi connectivity index (χ3v) is 5.61. The molecule has 124 valence electrons. The lowest BCUT2D eigenvalue weighted by Crippen LogP contribution is -2.48. The lowest BCUT2D eigenvalue weighted by atomic mass is 9.96. The predicted octanol–water partition coefficient (Wildman–Crippen LogP) is 2.55. The summed E-state index contributed by atoms with van der Waals surface area (Å²) in [5.41, 5.74) is 1.84. The van der Waals surface area contributed by atoms with Crippen molar-refractivity contribution in [1.82, 2.24) is 4.90 Å². The van der Waals surface area contributed by atoms with Crippen molar-refractivity contribution in [2.24, 2.45) is 0 Å². The number of hydrogen-bond acceptors (Lipinski definition) is 5. The fourth-order valence-electron chi connectivity index (χ4n) is 3.55. The van der Waals surface area contributed by atoms with Gasteiger partial charge in [0.15, 0.2) is 0 Å². The predicted molar refractivity (Wildman–Crippen MR) is 90.8 cm³/mol. The second-order valence-corrected chi connectivity index (χ2v) is 7.63. The van der Waals surface area contributed by atoms with Crippen molar-refractivity contribution in [1.29, 1.82) is 5.26 Å². The number of thiophene rings is 1. The monoisotopic (exact) mass is 333 g/mol. The van der Waals surface area contributed by atoms with Gasteiger partial charge in [-0.1, -0.05) is 0 Å². The van der Waals surface area contributed by atoms with Gasteiger partial charge in [-0.25, -0.2) is 0 Å². The normalized spacial score (nSPS) is 24.7. The molecule has 0 unspecified atom stereocenters. The van der Waals surface area contributed by atoms with Crippen LogP contribution >= 0.6 is 11.3 Å². The molecule has 1 saturated heterocycles. The van der Waals surface area contributed by atoms with Crippen LogP contribution in [0.1, 0.15) is 42.7 Å². The van der Waals surface area contributed by atoms with Crippen LogP contribution < -0.4 is 5.32 Å². The van der Waals surface area contributed by atoms with Crippen molar-refractivity contribution in [3.63, 3.8) is 0 Å². The molecular weight excluding hydrogens is 310 g/mol. The third-order valence-electron chi connectivity index (χ3n) is 4.40. The topological polar surface area (TPSA) is 65.4 Å². The maximum Gasteiger partial charge on any atom is 0.239 e. The van der Waals surface area contributed by atoms with Crippen molar-refractivity contribution in [3.8, 4) is 6.07 Å². The molecular formula is C17H23N3O2S. The molecule has 0 saturated carbocycles. The largest absolute Gasteiger partial charge is 0.373 e. The molecule has 1 N–H and O–H groups in total. The Kier molecular flexibility index (Phi) is 5.00. The van der Waals surface area contributed by atoms with Crippen LogP contribution in [0, 0.1) is 11.3 Å². The van der Waals surface area contributed by atoms with E-state index in [0.717, 1.165) is 42.9 Å². The molecule has 0 spiro atoms. The third kappa shape index (κ3) is 3.74. The molecule has 1 amide bonds. The summed E-state index contributed by atoms with van der Waals surface area (Å²) in [6.45, 7) is 5.95. The van der Waals surface area contributed by atoms with Gasteiger partial charge in [0.25, 0.3) is 0 Å². The molecule has 0 bridgehead atoms. The number of aryl methyl sites for hydroxylation is 1. The lowest BCUT2D eigenvalue weighted by molar-refractivity contribution is -0.121. The number of nitriles is 1. The van der Waals surface area contributed by atoms with Crippen LogP contribution in [0.25, 0.3) is 0 Å². The van der Waals surface area contributed by atoms with Gasteiger partial charge in [0, 0.05) is 18.0 Å². The zero-order valence-electron chi connectivity index (χ0n) is 13.7. The number of nitrogens with zero attached hydrogens (tertiary/aromatic N) is 2. The summed E-state index contributed by atoms with van der Waals surface area (Å²) in [5, 5.41) is 13.2.